The van der Waals surface area contributed by atoms with E-state index in [1.807, 2.05) is 6.92 Å². The highest BCUT2D eigenvalue weighted by Gasteiger charge is 2.19. The number of aryl methyl sites for hydroxylation is 2. The number of hydrogen-bond donors (Lipinski definition) is 1. The lowest BCUT2D eigenvalue weighted by atomic mass is 10.0. The highest BCUT2D eigenvalue weighted by Crippen LogP contribution is 2.29. The van der Waals surface area contributed by atoms with Crippen LogP contribution >= 0.6 is 11.6 Å². The van der Waals surface area contributed by atoms with Crippen molar-refractivity contribution in [3.05, 3.63) is 63.3 Å². The third-order valence-corrected chi connectivity index (χ3v) is 5.09. The number of pyridine rings is 1. The first kappa shape index (κ1) is 20.2. The number of fused-ring (bicyclic) bond motifs is 2. The maximum Gasteiger partial charge on any atom is 0.252 e. The molecule has 0 spiro atoms. The molecular formula is C22H25ClN2O3. The predicted molar refractivity (Wildman–Crippen MR) is 110 cm³/mol. The number of halogens is 1. The Labute approximate surface area is 170 Å². The molecule has 0 radical (unpaired) electrons. The van der Waals surface area contributed by atoms with Gasteiger partial charge in [-0.15, -0.1) is 0 Å². The molecule has 1 aromatic heterocycles. The van der Waals surface area contributed by atoms with E-state index in [1.165, 1.54) is 0 Å². The van der Waals surface area contributed by atoms with Crippen LogP contribution in [0.2, 0.25) is 5.02 Å². The van der Waals surface area contributed by atoms with Gasteiger partial charge in [0, 0.05) is 34.0 Å². The van der Waals surface area contributed by atoms with Crippen molar-refractivity contribution in [1.29, 1.82) is 0 Å². The molecule has 6 heteroatoms. The summed E-state index contributed by atoms with van der Waals surface area (Å²) in [7, 11) is 3.19. The molecule has 0 unspecified atom stereocenters. The van der Waals surface area contributed by atoms with Gasteiger partial charge in [0.05, 0.1) is 14.2 Å². The van der Waals surface area contributed by atoms with Gasteiger partial charge in [0.1, 0.15) is 5.75 Å². The zero-order valence-electron chi connectivity index (χ0n) is 16.5. The number of carbonyl (C=O) groups excluding carboxylic acids is 1. The van der Waals surface area contributed by atoms with Gasteiger partial charge in [0.25, 0.3) is 5.91 Å². The minimum absolute atomic E-state index is 0.197. The summed E-state index contributed by atoms with van der Waals surface area (Å²) in [6.07, 6.45) is 7.71. The number of amides is 1. The van der Waals surface area contributed by atoms with Crippen molar-refractivity contribution < 1.29 is 14.3 Å². The molecule has 2 aromatic rings. The number of carbonyl (C=O) groups is 1. The van der Waals surface area contributed by atoms with Gasteiger partial charge in [-0.1, -0.05) is 23.8 Å². The Kier molecular flexibility index (Phi) is 6.57. The van der Waals surface area contributed by atoms with E-state index in [4.69, 9.17) is 21.1 Å². The number of nitrogens with zero attached hydrogens (tertiary/aromatic N) is 1. The number of aromatic nitrogens is 1. The largest absolute Gasteiger partial charge is 0.496 e. The lowest BCUT2D eigenvalue weighted by Gasteiger charge is -2.16. The quantitative estimate of drug-likeness (QED) is 0.758. The standard InChI is InChI=1S/C22H25ClN2O3/c1-14-10-15-8-6-4-5-7-9-17-18(11-16(23)12-20(17)27-2)21(26)24-13-19(15)22(25-14)28-3/h5,7,10-12H,4,6,8-9,13H2,1-3H3,(H,24,26)/b7-5+. The second kappa shape index (κ2) is 9.11. The smallest absolute Gasteiger partial charge is 0.252 e. The molecule has 0 saturated carbocycles. The van der Waals surface area contributed by atoms with E-state index in [9.17, 15) is 4.79 Å². The summed E-state index contributed by atoms with van der Waals surface area (Å²) in [5.74, 6) is 0.981. The van der Waals surface area contributed by atoms with Gasteiger partial charge in [-0.2, -0.15) is 0 Å². The van der Waals surface area contributed by atoms with Crippen LogP contribution in [0.15, 0.2) is 30.4 Å². The molecule has 0 fully saturated rings. The van der Waals surface area contributed by atoms with Crippen LogP contribution in [-0.4, -0.2) is 25.1 Å². The Balaban J connectivity index is 2.04. The van der Waals surface area contributed by atoms with E-state index in [0.717, 1.165) is 41.6 Å². The molecule has 5 nitrogen and oxygen atoms in total. The molecule has 0 atom stereocenters. The van der Waals surface area contributed by atoms with Crippen LogP contribution in [-0.2, 0) is 19.4 Å². The average Bonchev–Trinajstić information content (AvgIpc) is 2.69. The van der Waals surface area contributed by atoms with Crippen molar-refractivity contribution in [2.45, 2.75) is 39.2 Å². The number of ether oxygens (including phenoxy) is 2. The number of methoxy groups -OCH3 is 2. The van der Waals surface area contributed by atoms with Gasteiger partial charge in [-0.3, -0.25) is 4.79 Å². The van der Waals surface area contributed by atoms with Crippen LogP contribution in [0.4, 0.5) is 0 Å². The zero-order valence-corrected chi connectivity index (χ0v) is 17.2. The summed E-state index contributed by atoms with van der Waals surface area (Å²) in [5, 5.41) is 3.48. The lowest BCUT2D eigenvalue weighted by Crippen LogP contribution is -2.25. The molecule has 0 saturated heterocycles. The van der Waals surface area contributed by atoms with Crippen molar-refractivity contribution in [1.82, 2.24) is 10.3 Å². The summed E-state index contributed by atoms with van der Waals surface area (Å²) < 4.78 is 11.0. The summed E-state index contributed by atoms with van der Waals surface area (Å²) in [4.78, 5) is 17.5. The van der Waals surface area contributed by atoms with Crippen LogP contribution < -0.4 is 14.8 Å². The third-order valence-electron chi connectivity index (χ3n) is 4.87. The lowest BCUT2D eigenvalue weighted by molar-refractivity contribution is 0.0949. The molecular weight excluding hydrogens is 376 g/mol. The van der Waals surface area contributed by atoms with Crippen molar-refractivity contribution in [2.24, 2.45) is 0 Å². The van der Waals surface area contributed by atoms with Gasteiger partial charge in [0.15, 0.2) is 0 Å². The molecule has 2 heterocycles. The fourth-order valence-corrected chi connectivity index (χ4v) is 3.73. The Hall–Kier alpha value is -2.53. The Morgan fingerprint density at radius 3 is 2.68 bits per heavy atom. The van der Waals surface area contributed by atoms with Gasteiger partial charge in [-0.25, -0.2) is 4.98 Å². The highest BCUT2D eigenvalue weighted by molar-refractivity contribution is 6.31. The molecule has 1 N–H and O–H groups in total. The number of allylic oxidation sites excluding steroid dienone is 2. The number of hydrogen-bond acceptors (Lipinski definition) is 4. The summed E-state index contributed by atoms with van der Waals surface area (Å²) >= 11 is 6.22. The van der Waals surface area contributed by atoms with Crippen molar-refractivity contribution in [2.75, 3.05) is 14.2 Å². The monoisotopic (exact) mass is 400 g/mol. The predicted octanol–water partition coefficient (Wildman–Crippen LogP) is 4.43. The SMILES string of the molecule is COc1cc(Cl)cc2c1C/C=C/CCCc1cc(C)nc(OC)c1CNC2=O. The van der Waals surface area contributed by atoms with E-state index >= 15 is 0 Å². The normalized spacial score (nSPS) is 15.8. The van der Waals surface area contributed by atoms with E-state index in [2.05, 4.69) is 28.5 Å². The maximum absolute atomic E-state index is 13.0. The Morgan fingerprint density at radius 2 is 1.93 bits per heavy atom. The van der Waals surface area contributed by atoms with E-state index < -0.39 is 0 Å². The van der Waals surface area contributed by atoms with E-state index in [0.29, 0.717) is 35.2 Å². The van der Waals surface area contributed by atoms with Crippen molar-refractivity contribution >= 4 is 17.5 Å². The summed E-state index contributed by atoms with van der Waals surface area (Å²) in [6, 6.07) is 5.50. The molecule has 0 bridgehead atoms. The number of benzene rings is 1. The van der Waals surface area contributed by atoms with Gasteiger partial charge < -0.3 is 14.8 Å². The van der Waals surface area contributed by atoms with Crippen molar-refractivity contribution in [3.63, 3.8) is 0 Å². The van der Waals surface area contributed by atoms with Crippen LogP contribution in [0.1, 0.15) is 45.6 Å². The molecule has 28 heavy (non-hydrogen) atoms. The van der Waals surface area contributed by atoms with Crippen LogP contribution in [0, 0.1) is 6.92 Å². The fourth-order valence-electron chi connectivity index (χ4n) is 3.52. The van der Waals surface area contributed by atoms with Crippen LogP contribution in [0.25, 0.3) is 0 Å². The topological polar surface area (TPSA) is 60.5 Å². The Bertz CT molecular complexity index is 909. The van der Waals surface area contributed by atoms with Crippen molar-refractivity contribution in [3.8, 4) is 11.6 Å². The second-order valence-electron chi connectivity index (χ2n) is 6.80. The van der Waals surface area contributed by atoms with Gasteiger partial charge in [-0.05, 0) is 56.4 Å². The summed E-state index contributed by atoms with van der Waals surface area (Å²) in [5.41, 5.74) is 4.33. The fraction of sp³-hybridized carbons (Fsp3) is 0.364. The van der Waals surface area contributed by atoms with E-state index in [-0.39, 0.29) is 5.91 Å². The first-order chi connectivity index (χ1) is 13.5. The molecule has 1 aromatic carbocycles. The molecule has 148 valence electrons. The summed E-state index contributed by atoms with van der Waals surface area (Å²) in [6.45, 7) is 2.29. The van der Waals surface area contributed by atoms with Crippen LogP contribution in [0.3, 0.4) is 0 Å². The zero-order chi connectivity index (χ0) is 20.1. The first-order valence-electron chi connectivity index (χ1n) is 9.36. The number of nitrogens with one attached hydrogen (secondary N) is 1. The maximum atomic E-state index is 13.0. The Morgan fingerprint density at radius 1 is 1.11 bits per heavy atom. The second-order valence-corrected chi connectivity index (χ2v) is 7.23. The molecule has 0 aliphatic carbocycles. The number of rotatable bonds is 2. The molecule has 3 rings (SSSR count). The molecule has 1 aliphatic rings. The van der Waals surface area contributed by atoms with Crippen LogP contribution in [0.5, 0.6) is 11.6 Å². The minimum atomic E-state index is -0.197. The van der Waals surface area contributed by atoms with E-state index in [1.54, 1.807) is 26.4 Å². The minimum Gasteiger partial charge on any atom is -0.496 e. The first-order valence-corrected chi connectivity index (χ1v) is 9.74. The average molecular weight is 401 g/mol. The highest BCUT2D eigenvalue weighted by atomic mass is 35.5. The molecule has 1 aliphatic heterocycles. The third kappa shape index (κ3) is 4.47. The molecule has 1 amide bonds. The van der Waals surface area contributed by atoms with Gasteiger partial charge >= 0.3 is 0 Å². The van der Waals surface area contributed by atoms with Gasteiger partial charge in [0.2, 0.25) is 5.88 Å².